The zero-order valence-corrected chi connectivity index (χ0v) is 10.7. The summed E-state index contributed by atoms with van der Waals surface area (Å²) in [5.74, 6) is 0.831. The minimum absolute atomic E-state index is 0.129. The molecule has 1 atom stereocenters. The van der Waals surface area contributed by atoms with Crippen molar-refractivity contribution in [1.82, 2.24) is 4.90 Å². The molecule has 0 spiro atoms. The van der Waals surface area contributed by atoms with E-state index in [2.05, 4.69) is 15.9 Å². The Labute approximate surface area is 104 Å². The van der Waals surface area contributed by atoms with Crippen molar-refractivity contribution in [3.63, 3.8) is 0 Å². The number of alkyl halides is 1. The largest absolute Gasteiger partial charge is 0.492 e. The molecule has 4 heteroatoms. The molecule has 16 heavy (non-hydrogen) atoms. The molecule has 0 fully saturated rings. The van der Waals surface area contributed by atoms with Gasteiger partial charge in [0.25, 0.3) is 0 Å². The van der Waals surface area contributed by atoms with Crippen LogP contribution >= 0.6 is 15.9 Å². The molecule has 86 valence electrons. The molecular weight excluding hydrogens is 270 g/mol. The number of para-hydroxylation sites is 1. The van der Waals surface area contributed by atoms with E-state index in [1.54, 1.807) is 4.90 Å². The van der Waals surface area contributed by atoms with Crippen LogP contribution in [0.2, 0.25) is 0 Å². The third-order valence-corrected chi connectivity index (χ3v) is 3.15. The van der Waals surface area contributed by atoms with Crippen molar-refractivity contribution in [3.8, 4) is 5.75 Å². The lowest BCUT2D eigenvalue weighted by Crippen LogP contribution is -2.33. The van der Waals surface area contributed by atoms with Crippen molar-refractivity contribution < 1.29 is 9.53 Å². The molecule has 0 N–H and O–H groups in total. The van der Waals surface area contributed by atoms with Crippen LogP contribution in [0.4, 0.5) is 0 Å². The van der Waals surface area contributed by atoms with E-state index in [4.69, 9.17) is 4.74 Å². The first kappa shape index (κ1) is 11.5. The maximum Gasteiger partial charge on any atom is 0.233 e. The predicted octanol–water partition coefficient (Wildman–Crippen LogP) is 2.02. The number of likely N-dealkylation sites (N-methyl/N-ethyl adjacent to an activating group) is 1. The summed E-state index contributed by atoms with van der Waals surface area (Å²) >= 11 is 3.33. The zero-order chi connectivity index (χ0) is 11.5. The highest BCUT2D eigenvalue weighted by Gasteiger charge is 2.31. The minimum atomic E-state index is -0.139. The molecule has 1 aliphatic heterocycles. The SMILES string of the molecule is CN(CCBr)C(=O)C1COc2ccccc21. The first-order valence-corrected chi connectivity index (χ1v) is 6.39. The molecule has 0 saturated carbocycles. The van der Waals surface area contributed by atoms with Gasteiger partial charge in [-0.2, -0.15) is 0 Å². The van der Waals surface area contributed by atoms with Crippen molar-refractivity contribution in [2.24, 2.45) is 0 Å². The summed E-state index contributed by atoms with van der Waals surface area (Å²) in [5, 5.41) is 0.796. The number of hydrogen-bond donors (Lipinski definition) is 0. The molecule has 0 saturated heterocycles. The number of halogens is 1. The predicted molar refractivity (Wildman–Crippen MR) is 66.1 cm³/mol. The quantitative estimate of drug-likeness (QED) is 0.795. The number of nitrogens with zero attached hydrogens (tertiary/aromatic N) is 1. The van der Waals surface area contributed by atoms with E-state index in [9.17, 15) is 4.79 Å². The Bertz CT molecular complexity index is 394. The van der Waals surface area contributed by atoms with Gasteiger partial charge in [-0.1, -0.05) is 34.1 Å². The van der Waals surface area contributed by atoms with Crippen LogP contribution in [0.25, 0.3) is 0 Å². The Morgan fingerprint density at radius 2 is 2.31 bits per heavy atom. The van der Waals surface area contributed by atoms with Gasteiger partial charge in [0, 0.05) is 24.5 Å². The van der Waals surface area contributed by atoms with Gasteiger partial charge in [-0.15, -0.1) is 0 Å². The summed E-state index contributed by atoms with van der Waals surface area (Å²) in [7, 11) is 1.82. The molecule has 1 aromatic carbocycles. The second-order valence-corrected chi connectivity index (χ2v) is 4.64. The number of ether oxygens (including phenoxy) is 1. The maximum atomic E-state index is 12.1. The van der Waals surface area contributed by atoms with Gasteiger partial charge in [0.1, 0.15) is 18.3 Å². The Hall–Kier alpha value is -1.03. The fraction of sp³-hybridized carbons (Fsp3) is 0.417. The maximum absolute atomic E-state index is 12.1. The molecule has 0 bridgehead atoms. The van der Waals surface area contributed by atoms with E-state index in [-0.39, 0.29) is 11.8 Å². The van der Waals surface area contributed by atoms with Crippen molar-refractivity contribution in [3.05, 3.63) is 29.8 Å². The molecule has 0 radical (unpaired) electrons. The third kappa shape index (κ3) is 2.07. The van der Waals surface area contributed by atoms with Crippen LogP contribution in [0.3, 0.4) is 0 Å². The van der Waals surface area contributed by atoms with Gasteiger partial charge in [-0.05, 0) is 6.07 Å². The average Bonchev–Trinajstić information content (AvgIpc) is 2.72. The molecule has 3 nitrogen and oxygen atoms in total. The van der Waals surface area contributed by atoms with E-state index in [0.29, 0.717) is 6.61 Å². The van der Waals surface area contributed by atoms with Crippen molar-refractivity contribution in [2.75, 3.05) is 25.5 Å². The Balaban J connectivity index is 2.16. The van der Waals surface area contributed by atoms with Crippen LogP contribution in [0, 0.1) is 0 Å². The third-order valence-electron chi connectivity index (χ3n) is 2.79. The molecule has 1 aliphatic rings. The van der Waals surface area contributed by atoms with E-state index < -0.39 is 0 Å². The summed E-state index contributed by atoms with van der Waals surface area (Å²) in [4.78, 5) is 13.9. The molecule has 0 aliphatic carbocycles. The molecule has 1 unspecified atom stereocenters. The normalized spacial score (nSPS) is 17.8. The summed E-state index contributed by atoms with van der Waals surface area (Å²) in [6, 6.07) is 7.74. The number of hydrogen-bond acceptors (Lipinski definition) is 2. The van der Waals surface area contributed by atoms with Gasteiger partial charge >= 0.3 is 0 Å². The van der Waals surface area contributed by atoms with Gasteiger partial charge < -0.3 is 9.64 Å². The highest BCUT2D eigenvalue weighted by Crippen LogP contribution is 2.34. The fourth-order valence-electron chi connectivity index (χ4n) is 1.87. The highest BCUT2D eigenvalue weighted by molar-refractivity contribution is 9.09. The topological polar surface area (TPSA) is 29.5 Å². The van der Waals surface area contributed by atoms with E-state index in [1.165, 1.54) is 0 Å². The fourth-order valence-corrected chi connectivity index (χ4v) is 2.40. The average molecular weight is 284 g/mol. The lowest BCUT2D eigenvalue weighted by atomic mass is 10.00. The number of rotatable bonds is 3. The van der Waals surface area contributed by atoms with Gasteiger partial charge in [0.2, 0.25) is 5.91 Å². The molecule has 0 aromatic heterocycles. The summed E-state index contributed by atoms with van der Waals surface area (Å²) in [5.41, 5.74) is 1.01. The summed E-state index contributed by atoms with van der Waals surface area (Å²) in [6.45, 7) is 1.18. The second-order valence-electron chi connectivity index (χ2n) is 3.85. The van der Waals surface area contributed by atoms with Crippen LogP contribution in [0.1, 0.15) is 11.5 Å². The van der Waals surface area contributed by atoms with Gasteiger partial charge in [0.15, 0.2) is 0 Å². The van der Waals surface area contributed by atoms with Gasteiger partial charge in [-0.3, -0.25) is 4.79 Å². The van der Waals surface area contributed by atoms with Crippen LogP contribution < -0.4 is 4.74 Å². The number of fused-ring (bicyclic) bond motifs is 1. The van der Waals surface area contributed by atoms with E-state index in [1.807, 2.05) is 31.3 Å². The molecule has 1 aromatic rings. The van der Waals surface area contributed by atoms with Gasteiger partial charge in [-0.25, -0.2) is 0 Å². The first-order chi connectivity index (χ1) is 7.74. The Morgan fingerprint density at radius 1 is 1.56 bits per heavy atom. The highest BCUT2D eigenvalue weighted by atomic mass is 79.9. The first-order valence-electron chi connectivity index (χ1n) is 5.26. The van der Waals surface area contributed by atoms with Crippen LogP contribution in [-0.2, 0) is 4.79 Å². The molecular formula is C12H14BrNO2. The van der Waals surface area contributed by atoms with Crippen LogP contribution in [0.5, 0.6) is 5.75 Å². The van der Waals surface area contributed by atoms with E-state index in [0.717, 1.165) is 23.2 Å². The minimum Gasteiger partial charge on any atom is -0.492 e. The number of carbonyl (C=O) groups is 1. The summed E-state index contributed by atoms with van der Waals surface area (Å²) < 4.78 is 5.50. The molecule has 1 amide bonds. The Kier molecular flexibility index (Phi) is 3.49. The van der Waals surface area contributed by atoms with Crippen LogP contribution in [0.15, 0.2) is 24.3 Å². The van der Waals surface area contributed by atoms with Gasteiger partial charge in [0.05, 0.1) is 0 Å². The molecule has 2 rings (SSSR count). The second kappa shape index (κ2) is 4.87. The summed E-state index contributed by atoms with van der Waals surface area (Å²) in [6.07, 6.45) is 0. The number of carbonyl (C=O) groups excluding carboxylic acids is 1. The smallest absolute Gasteiger partial charge is 0.233 e. The van der Waals surface area contributed by atoms with Crippen molar-refractivity contribution in [2.45, 2.75) is 5.92 Å². The van der Waals surface area contributed by atoms with Crippen molar-refractivity contribution >= 4 is 21.8 Å². The lowest BCUT2D eigenvalue weighted by molar-refractivity contribution is -0.131. The number of benzene rings is 1. The monoisotopic (exact) mass is 283 g/mol. The lowest BCUT2D eigenvalue weighted by Gasteiger charge is -2.19. The van der Waals surface area contributed by atoms with Crippen LogP contribution in [-0.4, -0.2) is 36.3 Å². The van der Waals surface area contributed by atoms with E-state index >= 15 is 0 Å². The Morgan fingerprint density at radius 3 is 3.06 bits per heavy atom. The standard InChI is InChI=1S/C12H14BrNO2/c1-14(7-6-13)12(15)10-8-16-11-5-3-2-4-9(10)11/h2-5,10H,6-8H2,1H3. The zero-order valence-electron chi connectivity index (χ0n) is 9.15. The number of amides is 1. The van der Waals surface area contributed by atoms with Crippen molar-refractivity contribution in [1.29, 1.82) is 0 Å². The molecule has 1 heterocycles.